The van der Waals surface area contributed by atoms with Crippen LogP contribution in [0.3, 0.4) is 0 Å². The summed E-state index contributed by atoms with van der Waals surface area (Å²) < 4.78 is 7.06. The molecular formula is C16H21N3O2. The van der Waals surface area contributed by atoms with Crippen molar-refractivity contribution in [3.05, 3.63) is 36.7 Å². The third-order valence-electron chi connectivity index (χ3n) is 3.29. The van der Waals surface area contributed by atoms with Gasteiger partial charge in [0.05, 0.1) is 6.61 Å². The number of carbonyl (C=O) groups excluding carboxylic acids is 1. The van der Waals surface area contributed by atoms with Crippen LogP contribution in [0.4, 0.5) is 5.69 Å². The van der Waals surface area contributed by atoms with Gasteiger partial charge < -0.3 is 15.0 Å². The summed E-state index contributed by atoms with van der Waals surface area (Å²) in [5.74, 6) is 0.538. The second kappa shape index (κ2) is 6.92. The minimum Gasteiger partial charge on any atom is -0.464 e. The molecule has 112 valence electrons. The van der Waals surface area contributed by atoms with Gasteiger partial charge in [-0.3, -0.25) is 0 Å². The molecule has 1 heterocycles. The van der Waals surface area contributed by atoms with Crippen LogP contribution in [0.5, 0.6) is 0 Å². The standard InChI is InChI=1S/C16H21N3O2/c1-3-5-14(16(20)21-4-2)19-11-10-18-15(19)12-6-8-13(17)9-7-12/h6-11,14H,3-5,17H2,1-2H3. The van der Waals surface area contributed by atoms with Crippen LogP contribution in [0, 0.1) is 0 Å². The first-order valence-corrected chi connectivity index (χ1v) is 7.22. The first kappa shape index (κ1) is 15.1. The van der Waals surface area contributed by atoms with E-state index in [0.29, 0.717) is 12.3 Å². The molecule has 0 spiro atoms. The largest absolute Gasteiger partial charge is 0.464 e. The van der Waals surface area contributed by atoms with Crippen molar-refractivity contribution < 1.29 is 9.53 Å². The molecule has 0 saturated heterocycles. The molecule has 0 bridgehead atoms. The Hall–Kier alpha value is -2.30. The molecule has 1 unspecified atom stereocenters. The molecule has 21 heavy (non-hydrogen) atoms. The zero-order valence-electron chi connectivity index (χ0n) is 12.5. The van der Waals surface area contributed by atoms with Crippen molar-refractivity contribution in [3.63, 3.8) is 0 Å². The fourth-order valence-electron chi connectivity index (χ4n) is 2.30. The molecule has 0 radical (unpaired) electrons. The maximum absolute atomic E-state index is 12.2. The van der Waals surface area contributed by atoms with Crippen LogP contribution >= 0.6 is 0 Å². The molecule has 1 aromatic heterocycles. The fraction of sp³-hybridized carbons (Fsp3) is 0.375. The zero-order valence-corrected chi connectivity index (χ0v) is 12.5. The maximum Gasteiger partial charge on any atom is 0.329 e. The summed E-state index contributed by atoms with van der Waals surface area (Å²) in [5, 5.41) is 0. The van der Waals surface area contributed by atoms with Gasteiger partial charge in [-0.2, -0.15) is 0 Å². The van der Waals surface area contributed by atoms with Gasteiger partial charge >= 0.3 is 5.97 Å². The summed E-state index contributed by atoms with van der Waals surface area (Å²) in [6.45, 7) is 4.24. The summed E-state index contributed by atoms with van der Waals surface area (Å²) in [4.78, 5) is 16.6. The third kappa shape index (κ3) is 3.42. The molecule has 5 nitrogen and oxygen atoms in total. The molecule has 0 amide bonds. The third-order valence-corrected chi connectivity index (χ3v) is 3.29. The van der Waals surface area contributed by atoms with Crippen molar-refractivity contribution >= 4 is 11.7 Å². The Balaban J connectivity index is 2.36. The molecule has 0 aliphatic rings. The summed E-state index contributed by atoms with van der Waals surface area (Å²) in [5.41, 5.74) is 7.34. The van der Waals surface area contributed by atoms with Crippen molar-refractivity contribution in [1.29, 1.82) is 0 Å². The predicted octanol–water partition coefficient (Wildman–Crippen LogP) is 3.04. The van der Waals surface area contributed by atoms with Gasteiger partial charge in [0.25, 0.3) is 0 Å². The summed E-state index contributed by atoms with van der Waals surface area (Å²) in [7, 11) is 0. The van der Waals surface area contributed by atoms with E-state index in [1.54, 1.807) is 6.20 Å². The smallest absolute Gasteiger partial charge is 0.329 e. The lowest BCUT2D eigenvalue weighted by Gasteiger charge is -2.18. The van der Waals surface area contributed by atoms with Crippen LogP contribution in [-0.4, -0.2) is 22.1 Å². The van der Waals surface area contributed by atoms with E-state index < -0.39 is 0 Å². The van der Waals surface area contributed by atoms with Crippen molar-refractivity contribution in [3.8, 4) is 11.4 Å². The van der Waals surface area contributed by atoms with Crippen molar-refractivity contribution in [2.24, 2.45) is 0 Å². The number of nitrogens with two attached hydrogens (primary N) is 1. The fourth-order valence-corrected chi connectivity index (χ4v) is 2.30. The van der Waals surface area contributed by atoms with E-state index in [9.17, 15) is 4.79 Å². The number of aromatic nitrogens is 2. The van der Waals surface area contributed by atoms with E-state index in [4.69, 9.17) is 10.5 Å². The number of hydrogen-bond acceptors (Lipinski definition) is 4. The van der Waals surface area contributed by atoms with Crippen LogP contribution in [-0.2, 0) is 9.53 Å². The van der Waals surface area contributed by atoms with E-state index in [0.717, 1.165) is 24.2 Å². The van der Waals surface area contributed by atoms with Gasteiger partial charge in [-0.25, -0.2) is 9.78 Å². The SMILES string of the molecule is CCCC(C(=O)OCC)n1ccnc1-c1ccc(N)cc1. The van der Waals surface area contributed by atoms with E-state index in [-0.39, 0.29) is 12.0 Å². The van der Waals surface area contributed by atoms with E-state index in [2.05, 4.69) is 4.98 Å². The number of carbonyl (C=O) groups is 1. The highest BCUT2D eigenvalue weighted by atomic mass is 16.5. The van der Waals surface area contributed by atoms with Crippen LogP contribution < -0.4 is 5.73 Å². The van der Waals surface area contributed by atoms with Crippen molar-refractivity contribution in [1.82, 2.24) is 9.55 Å². The monoisotopic (exact) mass is 287 g/mol. The Labute approximate surface area is 124 Å². The Kier molecular flexibility index (Phi) is 4.98. The molecule has 2 rings (SSSR count). The number of anilines is 1. The number of esters is 1. The molecule has 0 aliphatic carbocycles. The maximum atomic E-state index is 12.2. The molecule has 1 aromatic carbocycles. The average Bonchev–Trinajstić information content (AvgIpc) is 2.95. The summed E-state index contributed by atoms with van der Waals surface area (Å²) in [6.07, 6.45) is 5.14. The average molecular weight is 287 g/mol. The number of nitrogen functional groups attached to an aromatic ring is 1. The quantitative estimate of drug-likeness (QED) is 0.655. The molecule has 1 atom stereocenters. The highest BCUT2D eigenvalue weighted by Gasteiger charge is 2.23. The molecule has 2 aromatic rings. The van der Waals surface area contributed by atoms with Gasteiger partial charge in [-0.1, -0.05) is 13.3 Å². The van der Waals surface area contributed by atoms with Gasteiger partial charge in [-0.05, 0) is 37.6 Å². The Morgan fingerprint density at radius 3 is 2.67 bits per heavy atom. The van der Waals surface area contributed by atoms with Crippen LogP contribution in [0.25, 0.3) is 11.4 Å². The second-order valence-corrected chi connectivity index (χ2v) is 4.84. The van der Waals surface area contributed by atoms with Gasteiger partial charge in [0.1, 0.15) is 11.9 Å². The highest BCUT2D eigenvalue weighted by Crippen LogP contribution is 2.25. The lowest BCUT2D eigenvalue weighted by atomic mass is 10.1. The number of nitrogens with zero attached hydrogens (tertiary/aromatic N) is 2. The first-order chi connectivity index (χ1) is 10.2. The molecule has 0 fully saturated rings. The van der Waals surface area contributed by atoms with Crippen LogP contribution in [0.2, 0.25) is 0 Å². The lowest BCUT2D eigenvalue weighted by Crippen LogP contribution is -2.22. The van der Waals surface area contributed by atoms with E-state index >= 15 is 0 Å². The number of rotatable bonds is 6. The van der Waals surface area contributed by atoms with Crippen LogP contribution in [0.15, 0.2) is 36.7 Å². The van der Waals surface area contributed by atoms with Gasteiger partial charge in [0.15, 0.2) is 0 Å². The second-order valence-electron chi connectivity index (χ2n) is 4.84. The minimum absolute atomic E-state index is 0.214. The number of ether oxygens (including phenoxy) is 1. The van der Waals surface area contributed by atoms with Gasteiger partial charge in [-0.15, -0.1) is 0 Å². The van der Waals surface area contributed by atoms with E-state index in [1.807, 2.05) is 48.9 Å². The topological polar surface area (TPSA) is 70.1 Å². The Bertz CT molecular complexity index is 590. The molecule has 0 aliphatic heterocycles. The summed E-state index contributed by atoms with van der Waals surface area (Å²) in [6, 6.07) is 7.12. The molecule has 5 heteroatoms. The molecular weight excluding hydrogens is 266 g/mol. The van der Waals surface area contributed by atoms with Gasteiger partial charge in [0.2, 0.25) is 0 Å². The number of imidazole rings is 1. The highest BCUT2D eigenvalue weighted by molar-refractivity contribution is 5.75. The molecule has 0 saturated carbocycles. The Morgan fingerprint density at radius 2 is 2.05 bits per heavy atom. The van der Waals surface area contributed by atoms with Crippen molar-refractivity contribution in [2.75, 3.05) is 12.3 Å². The number of hydrogen-bond donors (Lipinski definition) is 1. The van der Waals surface area contributed by atoms with Gasteiger partial charge in [0, 0.05) is 23.6 Å². The lowest BCUT2D eigenvalue weighted by molar-refractivity contribution is -0.147. The Morgan fingerprint density at radius 1 is 1.33 bits per heavy atom. The van der Waals surface area contributed by atoms with E-state index in [1.165, 1.54) is 0 Å². The number of benzene rings is 1. The van der Waals surface area contributed by atoms with Crippen molar-refractivity contribution in [2.45, 2.75) is 32.7 Å². The zero-order chi connectivity index (χ0) is 15.2. The normalized spacial score (nSPS) is 12.1. The minimum atomic E-state index is -0.343. The van der Waals surface area contributed by atoms with Crippen LogP contribution in [0.1, 0.15) is 32.7 Å². The summed E-state index contributed by atoms with van der Waals surface area (Å²) >= 11 is 0. The molecule has 2 N–H and O–H groups in total. The predicted molar refractivity (Wildman–Crippen MR) is 82.7 cm³/mol. The first-order valence-electron chi connectivity index (χ1n) is 7.22.